The summed E-state index contributed by atoms with van der Waals surface area (Å²) in [6.45, 7) is 3.31. The molecule has 3 heterocycles. The molecule has 2 amide bonds. The number of pyridine rings is 1. The topological polar surface area (TPSA) is 100 Å². The third-order valence-corrected chi connectivity index (χ3v) is 3.94. The smallest absolute Gasteiger partial charge is 0.409 e. The maximum absolute atomic E-state index is 12.4. The first kappa shape index (κ1) is 15.3. The molecule has 122 valence electrons. The van der Waals surface area contributed by atoms with Crippen LogP contribution in [0.15, 0.2) is 18.5 Å². The highest BCUT2D eigenvalue weighted by Gasteiger charge is 2.25. The molecule has 8 nitrogen and oxygen atoms in total. The van der Waals surface area contributed by atoms with Gasteiger partial charge < -0.3 is 15.0 Å². The molecule has 0 spiro atoms. The zero-order valence-electron chi connectivity index (χ0n) is 12.9. The van der Waals surface area contributed by atoms with Crippen LogP contribution in [-0.2, 0) is 4.74 Å². The van der Waals surface area contributed by atoms with Crippen molar-refractivity contribution in [3.8, 4) is 0 Å². The zero-order chi connectivity index (χ0) is 16.2. The molecule has 1 aliphatic rings. The first-order valence-corrected chi connectivity index (χ1v) is 7.69. The average Bonchev–Trinajstić information content (AvgIpc) is 3.00. The number of hydrogen-bond donors (Lipinski definition) is 2. The van der Waals surface area contributed by atoms with Gasteiger partial charge in [-0.25, -0.2) is 4.79 Å². The van der Waals surface area contributed by atoms with Crippen LogP contribution in [0.3, 0.4) is 0 Å². The van der Waals surface area contributed by atoms with Crippen molar-refractivity contribution in [2.45, 2.75) is 25.8 Å². The van der Waals surface area contributed by atoms with Crippen LogP contribution in [0.2, 0.25) is 0 Å². The molecule has 0 bridgehead atoms. The van der Waals surface area contributed by atoms with Crippen LogP contribution in [-0.4, -0.2) is 57.8 Å². The number of carbonyl (C=O) groups is 2. The maximum atomic E-state index is 12.4. The molecule has 8 heteroatoms. The number of amides is 2. The van der Waals surface area contributed by atoms with Crippen molar-refractivity contribution < 1.29 is 14.3 Å². The van der Waals surface area contributed by atoms with E-state index in [0.29, 0.717) is 43.6 Å². The van der Waals surface area contributed by atoms with Crippen molar-refractivity contribution in [1.29, 1.82) is 0 Å². The molecule has 0 atom stereocenters. The van der Waals surface area contributed by atoms with Gasteiger partial charge in [0.05, 0.1) is 17.5 Å². The Morgan fingerprint density at radius 1 is 1.43 bits per heavy atom. The molecule has 3 rings (SSSR count). The Labute approximate surface area is 133 Å². The number of piperidine rings is 1. The summed E-state index contributed by atoms with van der Waals surface area (Å²) in [5.41, 5.74) is 1.13. The number of likely N-dealkylation sites (tertiary alicyclic amines) is 1. The molecule has 0 radical (unpaired) electrons. The Bertz CT molecular complexity index is 706. The van der Waals surface area contributed by atoms with Gasteiger partial charge in [-0.1, -0.05) is 0 Å². The fourth-order valence-corrected chi connectivity index (χ4v) is 2.71. The molecule has 23 heavy (non-hydrogen) atoms. The van der Waals surface area contributed by atoms with Crippen molar-refractivity contribution in [2.75, 3.05) is 19.7 Å². The maximum Gasteiger partial charge on any atom is 0.409 e. The molecular formula is C15H19N5O3. The fourth-order valence-electron chi connectivity index (χ4n) is 2.71. The highest BCUT2D eigenvalue weighted by Crippen LogP contribution is 2.16. The lowest BCUT2D eigenvalue weighted by Gasteiger charge is -2.31. The highest BCUT2D eigenvalue weighted by atomic mass is 16.6. The van der Waals surface area contributed by atoms with E-state index in [0.717, 1.165) is 5.52 Å². The zero-order valence-corrected chi connectivity index (χ0v) is 12.9. The number of fused-ring (bicyclic) bond motifs is 1. The van der Waals surface area contributed by atoms with Gasteiger partial charge in [0.2, 0.25) is 0 Å². The summed E-state index contributed by atoms with van der Waals surface area (Å²) in [6, 6.07) is 1.80. The molecule has 1 aliphatic heterocycles. The van der Waals surface area contributed by atoms with Crippen LogP contribution in [0.4, 0.5) is 4.79 Å². The Kier molecular flexibility index (Phi) is 4.40. The van der Waals surface area contributed by atoms with Gasteiger partial charge in [0.1, 0.15) is 0 Å². The van der Waals surface area contributed by atoms with Gasteiger partial charge in [0, 0.05) is 31.5 Å². The van der Waals surface area contributed by atoms with Crippen molar-refractivity contribution >= 4 is 22.9 Å². The third kappa shape index (κ3) is 3.25. The van der Waals surface area contributed by atoms with E-state index in [1.165, 1.54) is 0 Å². The van der Waals surface area contributed by atoms with E-state index in [2.05, 4.69) is 20.5 Å². The predicted octanol–water partition coefficient (Wildman–Crippen LogP) is 1.31. The lowest BCUT2D eigenvalue weighted by molar-refractivity contribution is 0.0857. The summed E-state index contributed by atoms with van der Waals surface area (Å²) in [4.78, 5) is 29.7. The lowest BCUT2D eigenvalue weighted by Crippen LogP contribution is -2.46. The average molecular weight is 317 g/mol. The van der Waals surface area contributed by atoms with E-state index in [1.54, 1.807) is 30.3 Å². The van der Waals surface area contributed by atoms with Crippen LogP contribution >= 0.6 is 0 Å². The van der Waals surface area contributed by atoms with Gasteiger partial charge in [-0.15, -0.1) is 0 Å². The minimum absolute atomic E-state index is 0.0246. The van der Waals surface area contributed by atoms with E-state index < -0.39 is 0 Å². The summed E-state index contributed by atoms with van der Waals surface area (Å²) >= 11 is 0. The Morgan fingerprint density at radius 3 is 2.96 bits per heavy atom. The summed E-state index contributed by atoms with van der Waals surface area (Å²) in [5, 5.41) is 10.6. The molecule has 2 N–H and O–H groups in total. The summed E-state index contributed by atoms with van der Waals surface area (Å²) in [5.74, 6) is -0.223. The number of nitrogens with zero attached hydrogens (tertiary/aromatic N) is 3. The van der Waals surface area contributed by atoms with Crippen molar-refractivity contribution in [3.05, 3.63) is 24.2 Å². The molecule has 0 unspecified atom stereocenters. The molecule has 2 aromatic rings. The van der Waals surface area contributed by atoms with E-state index in [9.17, 15) is 9.59 Å². The van der Waals surface area contributed by atoms with Crippen LogP contribution in [0.1, 0.15) is 30.3 Å². The van der Waals surface area contributed by atoms with Gasteiger partial charge in [-0.2, -0.15) is 5.10 Å². The van der Waals surface area contributed by atoms with Crippen LogP contribution < -0.4 is 5.32 Å². The second-order valence-corrected chi connectivity index (χ2v) is 5.43. The number of H-pyrrole nitrogens is 1. The minimum Gasteiger partial charge on any atom is -0.450 e. The number of ether oxygens (including phenoxy) is 1. The molecule has 1 fully saturated rings. The Hall–Kier alpha value is -2.64. The number of hydrogen-bond acceptors (Lipinski definition) is 5. The molecule has 1 saturated heterocycles. The van der Waals surface area contributed by atoms with Gasteiger partial charge in [-0.3, -0.25) is 14.9 Å². The van der Waals surface area contributed by atoms with Crippen molar-refractivity contribution in [3.63, 3.8) is 0 Å². The van der Waals surface area contributed by atoms with E-state index in [4.69, 9.17) is 4.74 Å². The van der Waals surface area contributed by atoms with E-state index in [1.807, 2.05) is 0 Å². The fraction of sp³-hybridized carbons (Fsp3) is 0.467. The minimum atomic E-state index is -0.290. The lowest BCUT2D eigenvalue weighted by atomic mass is 10.1. The van der Waals surface area contributed by atoms with Gasteiger partial charge >= 0.3 is 6.09 Å². The number of aromatic amines is 1. The Balaban J connectivity index is 1.58. The second kappa shape index (κ2) is 6.64. The number of carbonyl (C=O) groups excluding carboxylic acids is 2. The van der Waals surface area contributed by atoms with E-state index >= 15 is 0 Å². The number of aromatic nitrogens is 3. The van der Waals surface area contributed by atoms with Crippen LogP contribution in [0, 0.1) is 0 Å². The monoisotopic (exact) mass is 317 g/mol. The van der Waals surface area contributed by atoms with Crippen LogP contribution in [0.5, 0.6) is 0 Å². The standard InChI is InChI=1S/C15H19N5O3/c1-2-23-15(22)20-7-4-10(5-8-20)17-14(21)13-11-9-16-6-3-12(11)18-19-13/h3,6,9-10H,2,4-5,7-8H2,1H3,(H,17,21)(H,18,19). The molecule has 2 aromatic heterocycles. The normalized spacial score (nSPS) is 15.6. The van der Waals surface area contributed by atoms with Crippen molar-refractivity contribution in [2.24, 2.45) is 0 Å². The summed E-state index contributed by atoms with van der Waals surface area (Å²) in [6.07, 6.45) is 4.38. The van der Waals surface area contributed by atoms with Crippen LogP contribution in [0.25, 0.3) is 10.9 Å². The summed E-state index contributed by atoms with van der Waals surface area (Å²) in [7, 11) is 0. The predicted molar refractivity (Wildman–Crippen MR) is 83.0 cm³/mol. The summed E-state index contributed by atoms with van der Waals surface area (Å²) < 4.78 is 4.98. The van der Waals surface area contributed by atoms with Gasteiger partial charge in [0.15, 0.2) is 5.69 Å². The van der Waals surface area contributed by atoms with Gasteiger partial charge in [-0.05, 0) is 25.8 Å². The Morgan fingerprint density at radius 2 is 2.22 bits per heavy atom. The molecule has 0 aliphatic carbocycles. The third-order valence-electron chi connectivity index (χ3n) is 3.94. The first-order valence-electron chi connectivity index (χ1n) is 7.69. The number of rotatable bonds is 3. The first-order chi connectivity index (χ1) is 11.2. The SMILES string of the molecule is CCOC(=O)N1CCC(NC(=O)c2n[nH]c3ccncc23)CC1. The molecule has 0 aromatic carbocycles. The largest absolute Gasteiger partial charge is 0.450 e. The highest BCUT2D eigenvalue weighted by molar-refractivity contribution is 6.04. The quantitative estimate of drug-likeness (QED) is 0.889. The second-order valence-electron chi connectivity index (χ2n) is 5.43. The van der Waals surface area contributed by atoms with Crippen molar-refractivity contribution in [1.82, 2.24) is 25.4 Å². The number of nitrogens with one attached hydrogen (secondary N) is 2. The van der Waals surface area contributed by atoms with Gasteiger partial charge in [0.25, 0.3) is 5.91 Å². The molecule has 0 saturated carbocycles. The molecular weight excluding hydrogens is 298 g/mol. The van der Waals surface area contributed by atoms with E-state index in [-0.39, 0.29) is 18.0 Å².